The van der Waals surface area contributed by atoms with Crippen molar-refractivity contribution in [1.29, 1.82) is 0 Å². The number of sulfonamides is 1. The van der Waals surface area contributed by atoms with Crippen molar-refractivity contribution >= 4 is 10.0 Å². The maximum Gasteiger partial charge on any atom is 0.211 e. The van der Waals surface area contributed by atoms with E-state index in [0.29, 0.717) is 39.5 Å². The Morgan fingerprint density at radius 3 is 2.83 bits per heavy atom. The maximum atomic E-state index is 12.0. The molecule has 3 rings (SSSR count). The maximum absolute atomic E-state index is 12.0. The van der Waals surface area contributed by atoms with Crippen molar-refractivity contribution in [2.75, 3.05) is 52.3 Å². The Morgan fingerprint density at radius 1 is 1.29 bits per heavy atom. The molecular formula is C15H26N4O4S. The summed E-state index contributed by atoms with van der Waals surface area (Å²) in [6.45, 7) is 7.28. The first-order valence-electron chi connectivity index (χ1n) is 8.31. The van der Waals surface area contributed by atoms with Crippen LogP contribution in [0.3, 0.4) is 0 Å². The first kappa shape index (κ1) is 17.8. The second-order valence-corrected chi connectivity index (χ2v) is 8.58. The number of nitrogens with zero attached hydrogens (tertiary/aromatic N) is 4. The van der Waals surface area contributed by atoms with Crippen molar-refractivity contribution in [2.45, 2.75) is 25.6 Å². The summed E-state index contributed by atoms with van der Waals surface area (Å²) in [5.74, 6) is 0. The van der Waals surface area contributed by atoms with Crippen molar-refractivity contribution in [3.05, 3.63) is 18.0 Å². The molecule has 9 heteroatoms. The highest BCUT2D eigenvalue weighted by molar-refractivity contribution is 7.88. The molecule has 1 unspecified atom stereocenters. The van der Waals surface area contributed by atoms with Gasteiger partial charge in [-0.05, 0) is 6.92 Å². The fourth-order valence-electron chi connectivity index (χ4n) is 3.31. The summed E-state index contributed by atoms with van der Waals surface area (Å²) < 4.78 is 39.0. The summed E-state index contributed by atoms with van der Waals surface area (Å²) in [4.78, 5) is 2.29. The molecule has 2 fully saturated rings. The van der Waals surface area contributed by atoms with Gasteiger partial charge in [-0.2, -0.15) is 9.40 Å². The number of ether oxygens (including phenoxy) is 2. The Labute approximate surface area is 143 Å². The van der Waals surface area contributed by atoms with Crippen LogP contribution in [0.4, 0.5) is 0 Å². The van der Waals surface area contributed by atoms with Gasteiger partial charge in [0.2, 0.25) is 10.0 Å². The normalized spacial score (nSPS) is 27.4. The molecule has 0 saturated carbocycles. The standard InChI is InChI=1S/C15H26N4O4S/c1-3-18-10-14(8-16-18)9-17-4-7-23-15(11-17)12-19(24(2,20)21)5-6-22-13-15/h8,10H,3-7,9,11-13H2,1-2H3. The predicted octanol–water partition coefficient (Wildman–Crippen LogP) is -0.234. The van der Waals surface area contributed by atoms with Crippen LogP contribution in [0.1, 0.15) is 12.5 Å². The quantitative estimate of drug-likeness (QED) is 0.740. The topological polar surface area (TPSA) is 76.9 Å². The predicted molar refractivity (Wildman–Crippen MR) is 89.1 cm³/mol. The lowest BCUT2D eigenvalue weighted by Gasteiger charge is -2.42. The zero-order valence-electron chi connectivity index (χ0n) is 14.3. The first-order chi connectivity index (χ1) is 11.4. The molecule has 8 nitrogen and oxygen atoms in total. The fourth-order valence-corrected chi connectivity index (χ4v) is 4.19. The number of rotatable bonds is 4. The summed E-state index contributed by atoms with van der Waals surface area (Å²) in [5.41, 5.74) is 0.557. The van der Waals surface area contributed by atoms with Gasteiger partial charge < -0.3 is 9.47 Å². The van der Waals surface area contributed by atoms with Gasteiger partial charge in [0.15, 0.2) is 0 Å². The molecule has 2 saturated heterocycles. The van der Waals surface area contributed by atoms with Gasteiger partial charge in [-0.15, -0.1) is 0 Å². The van der Waals surface area contributed by atoms with E-state index in [2.05, 4.69) is 23.1 Å². The van der Waals surface area contributed by atoms with Crippen LogP contribution < -0.4 is 0 Å². The SMILES string of the molecule is CCn1cc(CN2CCOC3(COCCN(S(C)(=O)=O)C3)C2)cn1. The van der Waals surface area contributed by atoms with E-state index in [1.54, 1.807) is 0 Å². The van der Waals surface area contributed by atoms with E-state index in [4.69, 9.17) is 9.47 Å². The molecule has 2 aliphatic rings. The summed E-state index contributed by atoms with van der Waals surface area (Å²) >= 11 is 0. The van der Waals surface area contributed by atoms with Gasteiger partial charge in [0.1, 0.15) is 5.60 Å². The molecule has 1 atom stereocenters. The van der Waals surface area contributed by atoms with Crippen LogP contribution in [0.15, 0.2) is 12.4 Å². The lowest BCUT2D eigenvalue weighted by Crippen LogP contribution is -2.58. The van der Waals surface area contributed by atoms with Crippen LogP contribution >= 0.6 is 0 Å². The molecule has 1 spiro atoms. The second kappa shape index (κ2) is 7.09. The number of morpholine rings is 1. The molecule has 3 heterocycles. The Kier molecular flexibility index (Phi) is 5.26. The van der Waals surface area contributed by atoms with E-state index in [-0.39, 0.29) is 0 Å². The summed E-state index contributed by atoms with van der Waals surface area (Å²) in [6, 6.07) is 0. The van der Waals surface area contributed by atoms with Gasteiger partial charge in [-0.3, -0.25) is 9.58 Å². The minimum atomic E-state index is -3.26. The van der Waals surface area contributed by atoms with Gasteiger partial charge in [0.05, 0.1) is 32.3 Å². The molecule has 1 aromatic heterocycles. The van der Waals surface area contributed by atoms with Crippen LogP contribution in [0.25, 0.3) is 0 Å². The number of aromatic nitrogens is 2. The highest BCUT2D eigenvalue weighted by atomic mass is 32.2. The highest BCUT2D eigenvalue weighted by Crippen LogP contribution is 2.24. The Bertz CT molecular complexity index is 662. The van der Waals surface area contributed by atoms with E-state index >= 15 is 0 Å². The monoisotopic (exact) mass is 358 g/mol. The van der Waals surface area contributed by atoms with E-state index in [1.165, 1.54) is 10.6 Å². The molecule has 2 aliphatic heterocycles. The lowest BCUT2D eigenvalue weighted by atomic mass is 10.0. The van der Waals surface area contributed by atoms with Gasteiger partial charge in [-0.1, -0.05) is 0 Å². The molecular weight excluding hydrogens is 332 g/mol. The molecule has 0 aromatic carbocycles. The smallest absolute Gasteiger partial charge is 0.211 e. The van der Waals surface area contributed by atoms with Crippen LogP contribution in [-0.2, 0) is 32.6 Å². The Balaban J connectivity index is 1.70. The van der Waals surface area contributed by atoms with Crippen molar-refractivity contribution < 1.29 is 17.9 Å². The average molecular weight is 358 g/mol. The van der Waals surface area contributed by atoms with Crippen molar-refractivity contribution in [2.24, 2.45) is 0 Å². The molecule has 0 bridgehead atoms. The second-order valence-electron chi connectivity index (χ2n) is 6.60. The first-order valence-corrected chi connectivity index (χ1v) is 10.2. The van der Waals surface area contributed by atoms with E-state index in [9.17, 15) is 8.42 Å². The van der Waals surface area contributed by atoms with Gasteiger partial charge in [0.25, 0.3) is 0 Å². The van der Waals surface area contributed by atoms with Gasteiger partial charge >= 0.3 is 0 Å². The minimum absolute atomic E-state index is 0.344. The summed E-state index contributed by atoms with van der Waals surface area (Å²) in [7, 11) is -3.26. The molecule has 0 amide bonds. The van der Waals surface area contributed by atoms with E-state index in [0.717, 1.165) is 25.2 Å². The zero-order valence-corrected chi connectivity index (χ0v) is 15.2. The zero-order chi connectivity index (χ0) is 17.2. The summed E-state index contributed by atoms with van der Waals surface area (Å²) in [6.07, 6.45) is 5.18. The van der Waals surface area contributed by atoms with Crippen LogP contribution in [0, 0.1) is 0 Å². The molecule has 0 radical (unpaired) electrons. The molecule has 24 heavy (non-hydrogen) atoms. The average Bonchev–Trinajstić information content (AvgIpc) is 2.87. The van der Waals surface area contributed by atoms with Crippen molar-refractivity contribution in [3.8, 4) is 0 Å². The number of hydrogen-bond acceptors (Lipinski definition) is 6. The van der Waals surface area contributed by atoms with Crippen LogP contribution in [-0.4, -0.2) is 85.3 Å². The highest BCUT2D eigenvalue weighted by Gasteiger charge is 2.42. The number of hydrogen-bond donors (Lipinski definition) is 0. The van der Waals surface area contributed by atoms with Crippen molar-refractivity contribution in [3.63, 3.8) is 0 Å². The molecule has 0 aliphatic carbocycles. The summed E-state index contributed by atoms with van der Waals surface area (Å²) in [5, 5.41) is 4.31. The third kappa shape index (κ3) is 4.15. The van der Waals surface area contributed by atoms with Crippen LogP contribution in [0.2, 0.25) is 0 Å². The lowest BCUT2D eigenvalue weighted by molar-refractivity contribution is -0.139. The third-order valence-electron chi connectivity index (χ3n) is 4.53. The largest absolute Gasteiger partial charge is 0.377 e. The van der Waals surface area contributed by atoms with E-state index in [1.807, 2.05) is 10.9 Å². The fraction of sp³-hybridized carbons (Fsp3) is 0.800. The number of aryl methyl sites for hydroxylation is 1. The van der Waals surface area contributed by atoms with E-state index < -0.39 is 15.6 Å². The molecule has 0 N–H and O–H groups in total. The van der Waals surface area contributed by atoms with Gasteiger partial charge in [0, 0.05) is 51.0 Å². The van der Waals surface area contributed by atoms with Gasteiger partial charge in [-0.25, -0.2) is 8.42 Å². The van der Waals surface area contributed by atoms with Crippen molar-refractivity contribution in [1.82, 2.24) is 19.0 Å². The third-order valence-corrected chi connectivity index (χ3v) is 5.78. The Hall–Kier alpha value is -1.00. The molecule has 136 valence electrons. The molecule has 1 aromatic rings. The minimum Gasteiger partial charge on any atom is -0.377 e. The van der Waals surface area contributed by atoms with Crippen LogP contribution in [0.5, 0.6) is 0 Å². The Morgan fingerprint density at radius 2 is 2.12 bits per heavy atom.